The van der Waals surface area contributed by atoms with Crippen LogP contribution in [0.3, 0.4) is 0 Å². The van der Waals surface area contributed by atoms with Crippen LogP contribution < -0.4 is 0 Å². The van der Waals surface area contributed by atoms with E-state index in [0.717, 1.165) is 15.7 Å². The average Bonchev–Trinajstić information content (AvgIpc) is 2.44. The van der Waals surface area contributed by atoms with Crippen molar-refractivity contribution in [2.24, 2.45) is 0 Å². The van der Waals surface area contributed by atoms with Gasteiger partial charge in [-0.05, 0) is 41.1 Å². The van der Waals surface area contributed by atoms with E-state index in [1.165, 1.54) is 0 Å². The lowest BCUT2D eigenvalue weighted by Crippen LogP contribution is -1.97. The van der Waals surface area contributed by atoms with Gasteiger partial charge >= 0.3 is 5.97 Å². The van der Waals surface area contributed by atoms with Crippen LogP contribution in [0.5, 0.6) is 0 Å². The average molecular weight is 254 g/mol. The summed E-state index contributed by atoms with van der Waals surface area (Å²) in [5, 5.41) is 8.91. The number of carboxylic acids is 1. The summed E-state index contributed by atoms with van der Waals surface area (Å²) in [7, 11) is 0. The molecule has 2 aromatic rings. The molecule has 1 N–H and O–H groups in total. The number of carboxylic acid groups (broad SMARTS) is 1. The maximum Gasteiger partial charge on any atom is 0.337 e. The summed E-state index contributed by atoms with van der Waals surface area (Å²) in [5.74, 6) is -0.887. The van der Waals surface area contributed by atoms with Gasteiger partial charge in [0.05, 0.1) is 5.56 Å². The number of carbonyl (C=O) groups is 1. The second-order valence-electron chi connectivity index (χ2n) is 3.09. The predicted octanol–water partition coefficient (Wildman–Crippen LogP) is 2.71. The highest BCUT2D eigenvalue weighted by atomic mass is 79.9. The zero-order valence-electron chi connectivity index (χ0n) is 7.49. The summed E-state index contributed by atoms with van der Waals surface area (Å²) in [6.07, 6.45) is 1.86. The fourth-order valence-electron chi connectivity index (χ4n) is 1.49. The van der Waals surface area contributed by atoms with E-state index in [4.69, 9.17) is 5.11 Å². The number of hydrogen-bond donors (Lipinski definition) is 1. The molecule has 0 fully saturated rings. The molecule has 0 saturated carbocycles. The maximum atomic E-state index is 10.9. The lowest BCUT2D eigenvalue weighted by atomic mass is 10.2. The van der Waals surface area contributed by atoms with Crippen LogP contribution in [0, 0.1) is 6.92 Å². The first-order chi connectivity index (χ1) is 6.59. The number of halogens is 1. The Kier molecular flexibility index (Phi) is 2.07. The van der Waals surface area contributed by atoms with Gasteiger partial charge in [-0.2, -0.15) is 0 Å². The van der Waals surface area contributed by atoms with Crippen molar-refractivity contribution >= 4 is 27.4 Å². The van der Waals surface area contributed by atoms with Gasteiger partial charge in [-0.25, -0.2) is 4.79 Å². The van der Waals surface area contributed by atoms with E-state index in [1.54, 1.807) is 13.0 Å². The highest BCUT2D eigenvalue weighted by Crippen LogP contribution is 2.19. The standard InChI is InChI=1S/C10H8BrNO2/c1-6-9(10(13)14)4-8-3-2-7(11)5-12(6)8/h2-5H,1H3,(H,13,14). The third kappa shape index (κ3) is 1.32. The van der Waals surface area contributed by atoms with Crippen molar-refractivity contribution in [3.05, 3.63) is 40.1 Å². The Balaban J connectivity index is 2.80. The number of nitrogens with zero attached hydrogens (tertiary/aromatic N) is 1. The van der Waals surface area contributed by atoms with Crippen LogP contribution in [0.15, 0.2) is 28.9 Å². The van der Waals surface area contributed by atoms with Crippen LogP contribution in [0.1, 0.15) is 16.1 Å². The molecule has 0 atom stereocenters. The molecule has 2 heterocycles. The topological polar surface area (TPSA) is 41.7 Å². The van der Waals surface area contributed by atoms with Gasteiger partial charge in [0.15, 0.2) is 0 Å². The third-order valence-corrected chi connectivity index (χ3v) is 2.69. The maximum absolute atomic E-state index is 10.9. The number of aromatic nitrogens is 1. The molecule has 2 aromatic heterocycles. The minimum Gasteiger partial charge on any atom is -0.478 e. The van der Waals surface area contributed by atoms with Gasteiger partial charge in [0.2, 0.25) is 0 Å². The van der Waals surface area contributed by atoms with Crippen molar-refractivity contribution in [1.82, 2.24) is 4.40 Å². The molecule has 0 spiro atoms. The summed E-state index contributed by atoms with van der Waals surface area (Å²) in [5.41, 5.74) is 1.99. The first kappa shape index (κ1) is 9.27. The summed E-state index contributed by atoms with van der Waals surface area (Å²) in [6, 6.07) is 5.44. The normalized spacial score (nSPS) is 10.7. The lowest BCUT2D eigenvalue weighted by molar-refractivity contribution is 0.0696. The van der Waals surface area contributed by atoms with Crippen LogP contribution in [-0.4, -0.2) is 15.5 Å². The Bertz CT molecular complexity index is 516. The van der Waals surface area contributed by atoms with E-state index in [2.05, 4.69) is 15.9 Å². The number of fused-ring (bicyclic) bond motifs is 1. The molecule has 0 aliphatic carbocycles. The molecular weight excluding hydrogens is 246 g/mol. The van der Waals surface area contributed by atoms with Gasteiger partial charge in [0.1, 0.15) is 0 Å². The van der Waals surface area contributed by atoms with Crippen molar-refractivity contribution in [1.29, 1.82) is 0 Å². The largest absolute Gasteiger partial charge is 0.478 e. The Morgan fingerprint density at radius 3 is 2.86 bits per heavy atom. The van der Waals surface area contributed by atoms with Crippen molar-refractivity contribution in [3.63, 3.8) is 0 Å². The van der Waals surface area contributed by atoms with Crippen molar-refractivity contribution in [2.75, 3.05) is 0 Å². The predicted molar refractivity (Wildman–Crippen MR) is 56.8 cm³/mol. The number of aromatic carboxylic acids is 1. The monoisotopic (exact) mass is 253 g/mol. The Labute approximate surface area is 89.1 Å². The first-order valence-electron chi connectivity index (χ1n) is 4.10. The molecule has 0 aliphatic rings. The molecule has 3 nitrogen and oxygen atoms in total. The second kappa shape index (κ2) is 3.13. The van der Waals surface area contributed by atoms with Crippen molar-refractivity contribution < 1.29 is 9.90 Å². The van der Waals surface area contributed by atoms with Crippen molar-refractivity contribution in [3.8, 4) is 0 Å². The molecule has 0 saturated heterocycles. The van der Waals surface area contributed by atoms with Crippen LogP contribution in [0.2, 0.25) is 0 Å². The zero-order valence-corrected chi connectivity index (χ0v) is 9.08. The number of hydrogen-bond acceptors (Lipinski definition) is 1. The molecule has 72 valence electrons. The highest BCUT2D eigenvalue weighted by molar-refractivity contribution is 9.10. The van der Waals surface area contributed by atoms with Gasteiger partial charge in [-0.15, -0.1) is 0 Å². The van der Waals surface area contributed by atoms with Gasteiger partial charge in [0.25, 0.3) is 0 Å². The van der Waals surface area contributed by atoms with Crippen LogP contribution in [-0.2, 0) is 0 Å². The summed E-state index contributed by atoms with van der Waals surface area (Å²) in [6.45, 7) is 1.79. The smallest absolute Gasteiger partial charge is 0.337 e. The summed E-state index contributed by atoms with van der Waals surface area (Å²) >= 11 is 3.34. The van der Waals surface area contributed by atoms with Gasteiger partial charge in [0, 0.05) is 21.9 Å². The number of aryl methyl sites for hydroxylation is 1. The van der Waals surface area contributed by atoms with E-state index in [0.29, 0.717) is 5.56 Å². The van der Waals surface area contributed by atoms with E-state index < -0.39 is 5.97 Å². The minimum absolute atomic E-state index is 0.350. The highest BCUT2D eigenvalue weighted by Gasteiger charge is 2.11. The second-order valence-corrected chi connectivity index (χ2v) is 4.01. The van der Waals surface area contributed by atoms with E-state index >= 15 is 0 Å². The number of pyridine rings is 1. The molecule has 0 aromatic carbocycles. The SMILES string of the molecule is Cc1c(C(=O)O)cc2ccc(Br)cn12. The van der Waals surface area contributed by atoms with Gasteiger partial charge < -0.3 is 9.51 Å². The molecule has 4 heteroatoms. The van der Waals surface area contributed by atoms with Gasteiger partial charge in [-0.1, -0.05) is 0 Å². The van der Waals surface area contributed by atoms with Gasteiger partial charge in [-0.3, -0.25) is 0 Å². The van der Waals surface area contributed by atoms with E-state index in [-0.39, 0.29) is 0 Å². The van der Waals surface area contributed by atoms with E-state index in [9.17, 15) is 4.79 Å². The van der Waals surface area contributed by atoms with Crippen molar-refractivity contribution in [2.45, 2.75) is 6.92 Å². The molecule has 2 rings (SSSR count). The third-order valence-electron chi connectivity index (χ3n) is 2.22. The fourth-order valence-corrected chi connectivity index (χ4v) is 1.83. The van der Waals surface area contributed by atoms with Crippen LogP contribution in [0.25, 0.3) is 5.52 Å². The number of rotatable bonds is 1. The molecule has 0 bridgehead atoms. The molecule has 0 unspecified atom stereocenters. The minimum atomic E-state index is -0.887. The van der Waals surface area contributed by atoms with Crippen LogP contribution >= 0.6 is 15.9 Å². The lowest BCUT2D eigenvalue weighted by Gasteiger charge is -1.98. The Morgan fingerprint density at radius 1 is 1.50 bits per heavy atom. The molecule has 14 heavy (non-hydrogen) atoms. The molecule has 0 radical (unpaired) electrons. The first-order valence-corrected chi connectivity index (χ1v) is 4.89. The molecule has 0 aliphatic heterocycles. The molecule has 0 amide bonds. The van der Waals surface area contributed by atoms with Crippen LogP contribution in [0.4, 0.5) is 0 Å². The molecular formula is C10H8BrNO2. The zero-order chi connectivity index (χ0) is 10.3. The Morgan fingerprint density at radius 2 is 2.21 bits per heavy atom. The fraction of sp³-hybridized carbons (Fsp3) is 0.100. The Hall–Kier alpha value is -1.29. The summed E-state index contributed by atoms with van der Waals surface area (Å²) < 4.78 is 2.79. The quantitative estimate of drug-likeness (QED) is 0.850. The van der Waals surface area contributed by atoms with E-state index in [1.807, 2.05) is 22.7 Å². The summed E-state index contributed by atoms with van der Waals surface area (Å²) in [4.78, 5) is 10.9.